The second kappa shape index (κ2) is 5.47. The molecule has 104 valence electrons. The second-order valence-electron chi connectivity index (χ2n) is 5.03. The lowest BCUT2D eigenvalue weighted by Gasteiger charge is -2.09. The molecular formula is C14H23N5. The summed E-state index contributed by atoms with van der Waals surface area (Å²) in [6, 6.07) is 0. The highest BCUT2D eigenvalue weighted by molar-refractivity contribution is 5.32. The van der Waals surface area contributed by atoms with Crippen LogP contribution in [0.2, 0.25) is 0 Å². The standard InChI is InChI=1S/C14H23N5/c1-6-7-15-14-16-10(2)8-19(14)9-13-11(3)17-18(5)12(13)4/h8H,6-7,9H2,1-5H3,(H,15,16). The van der Waals surface area contributed by atoms with Crippen molar-refractivity contribution in [3.63, 3.8) is 0 Å². The van der Waals surface area contributed by atoms with Crippen LogP contribution in [-0.4, -0.2) is 25.9 Å². The molecule has 0 saturated heterocycles. The zero-order chi connectivity index (χ0) is 14.0. The monoisotopic (exact) mass is 261 g/mol. The number of nitrogens with one attached hydrogen (secondary N) is 1. The van der Waals surface area contributed by atoms with E-state index in [1.54, 1.807) is 0 Å². The summed E-state index contributed by atoms with van der Waals surface area (Å²) >= 11 is 0. The van der Waals surface area contributed by atoms with E-state index >= 15 is 0 Å². The molecule has 1 N–H and O–H groups in total. The Kier molecular flexibility index (Phi) is 3.93. The fourth-order valence-corrected chi connectivity index (χ4v) is 2.26. The Morgan fingerprint density at radius 1 is 1.26 bits per heavy atom. The number of rotatable bonds is 5. The van der Waals surface area contributed by atoms with E-state index in [0.717, 1.165) is 36.8 Å². The summed E-state index contributed by atoms with van der Waals surface area (Å²) in [4.78, 5) is 4.54. The lowest BCUT2D eigenvalue weighted by atomic mass is 10.2. The van der Waals surface area contributed by atoms with E-state index < -0.39 is 0 Å². The van der Waals surface area contributed by atoms with Crippen molar-refractivity contribution in [1.82, 2.24) is 19.3 Å². The molecule has 0 aliphatic rings. The van der Waals surface area contributed by atoms with Crippen molar-refractivity contribution in [2.24, 2.45) is 7.05 Å². The Morgan fingerprint density at radius 3 is 2.58 bits per heavy atom. The van der Waals surface area contributed by atoms with Crippen LogP contribution in [0.3, 0.4) is 0 Å². The van der Waals surface area contributed by atoms with Gasteiger partial charge in [0.2, 0.25) is 5.95 Å². The fourth-order valence-electron chi connectivity index (χ4n) is 2.26. The molecule has 2 aromatic rings. The van der Waals surface area contributed by atoms with Crippen LogP contribution in [0, 0.1) is 20.8 Å². The average Bonchev–Trinajstić information content (AvgIpc) is 2.82. The van der Waals surface area contributed by atoms with Gasteiger partial charge in [0.05, 0.1) is 17.9 Å². The van der Waals surface area contributed by atoms with Gasteiger partial charge in [-0.15, -0.1) is 0 Å². The molecule has 0 fully saturated rings. The molecule has 0 radical (unpaired) electrons. The Hall–Kier alpha value is -1.78. The van der Waals surface area contributed by atoms with Crippen LogP contribution in [0.4, 0.5) is 5.95 Å². The molecule has 0 bridgehead atoms. The summed E-state index contributed by atoms with van der Waals surface area (Å²) in [5, 5.41) is 7.84. The molecule has 0 aliphatic heterocycles. The van der Waals surface area contributed by atoms with Crippen LogP contribution in [0.25, 0.3) is 0 Å². The fraction of sp³-hybridized carbons (Fsp3) is 0.571. The first-order chi connectivity index (χ1) is 9.02. The number of aromatic nitrogens is 4. The van der Waals surface area contributed by atoms with Crippen LogP contribution >= 0.6 is 0 Å². The first-order valence-corrected chi connectivity index (χ1v) is 6.79. The number of hydrogen-bond acceptors (Lipinski definition) is 3. The predicted octanol–water partition coefficient (Wildman–Crippen LogP) is 2.41. The number of imidazole rings is 1. The van der Waals surface area contributed by atoms with Gasteiger partial charge in [0, 0.05) is 31.0 Å². The number of anilines is 1. The first kappa shape index (κ1) is 13.6. The van der Waals surface area contributed by atoms with Gasteiger partial charge in [0.15, 0.2) is 0 Å². The van der Waals surface area contributed by atoms with Crippen LogP contribution in [0.15, 0.2) is 6.20 Å². The molecule has 0 spiro atoms. The van der Waals surface area contributed by atoms with Crippen molar-refractivity contribution in [1.29, 1.82) is 0 Å². The molecule has 0 aromatic carbocycles. The van der Waals surface area contributed by atoms with Gasteiger partial charge in [-0.3, -0.25) is 4.68 Å². The summed E-state index contributed by atoms with van der Waals surface area (Å²) in [7, 11) is 1.99. The number of aryl methyl sites for hydroxylation is 3. The summed E-state index contributed by atoms with van der Waals surface area (Å²) in [5.74, 6) is 0.946. The van der Waals surface area contributed by atoms with E-state index in [2.05, 4.69) is 46.9 Å². The van der Waals surface area contributed by atoms with Gasteiger partial charge in [-0.05, 0) is 27.2 Å². The highest BCUT2D eigenvalue weighted by Crippen LogP contribution is 2.17. The van der Waals surface area contributed by atoms with Gasteiger partial charge in [-0.25, -0.2) is 4.98 Å². The summed E-state index contributed by atoms with van der Waals surface area (Å²) in [5.41, 5.74) is 4.62. The molecule has 2 heterocycles. The molecular weight excluding hydrogens is 238 g/mol. The molecule has 2 aromatic heterocycles. The van der Waals surface area contributed by atoms with Crippen LogP contribution < -0.4 is 5.32 Å². The van der Waals surface area contributed by atoms with Crippen molar-refractivity contribution in [3.8, 4) is 0 Å². The molecule has 5 nitrogen and oxygen atoms in total. The molecule has 0 saturated carbocycles. The maximum Gasteiger partial charge on any atom is 0.203 e. The van der Waals surface area contributed by atoms with E-state index in [-0.39, 0.29) is 0 Å². The minimum absolute atomic E-state index is 0.818. The van der Waals surface area contributed by atoms with Crippen molar-refractivity contribution in [2.45, 2.75) is 40.7 Å². The Labute approximate surface area is 114 Å². The van der Waals surface area contributed by atoms with Gasteiger partial charge >= 0.3 is 0 Å². The van der Waals surface area contributed by atoms with Gasteiger partial charge in [0.25, 0.3) is 0 Å². The third-order valence-corrected chi connectivity index (χ3v) is 3.42. The summed E-state index contributed by atoms with van der Waals surface area (Å²) < 4.78 is 4.11. The molecule has 0 atom stereocenters. The van der Waals surface area contributed by atoms with Crippen LogP contribution in [0.1, 0.15) is 36.0 Å². The van der Waals surface area contributed by atoms with Gasteiger partial charge < -0.3 is 9.88 Å². The molecule has 0 aliphatic carbocycles. The van der Waals surface area contributed by atoms with E-state index in [4.69, 9.17) is 0 Å². The Bertz CT molecular complexity index is 565. The largest absolute Gasteiger partial charge is 0.356 e. The van der Waals surface area contributed by atoms with Gasteiger partial charge in [0.1, 0.15) is 0 Å². The second-order valence-corrected chi connectivity index (χ2v) is 5.03. The van der Waals surface area contributed by atoms with E-state index in [1.807, 2.05) is 18.7 Å². The van der Waals surface area contributed by atoms with E-state index in [1.165, 1.54) is 11.3 Å². The van der Waals surface area contributed by atoms with Crippen molar-refractivity contribution >= 4 is 5.95 Å². The normalized spacial score (nSPS) is 11.0. The minimum Gasteiger partial charge on any atom is -0.356 e. The lowest BCUT2D eigenvalue weighted by Crippen LogP contribution is -2.09. The molecule has 2 rings (SSSR count). The quantitative estimate of drug-likeness (QED) is 0.899. The lowest BCUT2D eigenvalue weighted by molar-refractivity contribution is 0.726. The minimum atomic E-state index is 0.818. The van der Waals surface area contributed by atoms with E-state index in [0.29, 0.717) is 0 Å². The van der Waals surface area contributed by atoms with Crippen molar-refractivity contribution in [2.75, 3.05) is 11.9 Å². The highest BCUT2D eigenvalue weighted by Gasteiger charge is 2.12. The Morgan fingerprint density at radius 2 is 2.00 bits per heavy atom. The van der Waals surface area contributed by atoms with Gasteiger partial charge in [-0.2, -0.15) is 5.10 Å². The SMILES string of the molecule is CCCNc1nc(C)cn1Cc1c(C)nn(C)c1C. The zero-order valence-corrected chi connectivity index (χ0v) is 12.5. The molecule has 19 heavy (non-hydrogen) atoms. The third kappa shape index (κ3) is 2.80. The van der Waals surface area contributed by atoms with Crippen LogP contribution in [0.5, 0.6) is 0 Å². The summed E-state index contributed by atoms with van der Waals surface area (Å²) in [6.45, 7) is 10.1. The Balaban J connectivity index is 2.27. The number of nitrogens with zero attached hydrogens (tertiary/aromatic N) is 4. The smallest absolute Gasteiger partial charge is 0.203 e. The topological polar surface area (TPSA) is 47.7 Å². The molecule has 0 amide bonds. The maximum atomic E-state index is 4.54. The third-order valence-electron chi connectivity index (χ3n) is 3.42. The van der Waals surface area contributed by atoms with Crippen molar-refractivity contribution in [3.05, 3.63) is 28.8 Å². The molecule has 5 heteroatoms. The van der Waals surface area contributed by atoms with Crippen LogP contribution in [-0.2, 0) is 13.6 Å². The highest BCUT2D eigenvalue weighted by atomic mass is 15.3. The average molecular weight is 261 g/mol. The number of hydrogen-bond donors (Lipinski definition) is 1. The maximum absolute atomic E-state index is 4.54. The van der Waals surface area contributed by atoms with Crippen molar-refractivity contribution < 1.29 is 0 Å². The van der Waals surface area contributed by atoms with Gasteiger partial charge in [-0.1, -0.05) is 6.92 Å². The molecule has 0 unspecified atom stereocenters. The first-order valence-electron chi connectivity index (χ1n) is 6.79. The van der Waals surface area contributed by atoms with E-state index in [9.17, 15) is 0 Å². The predicted molar refractivity (Wildman–Crippen MR) is 77.5 cm³/mol. The summed E-state index contributed by atoms with van der Waals surface area (Å²) in [6.07, 6.45) is 3.18. The zero-order valence-electron chi connectivity index (χ0n) is 12.5.